The van der Waals surface area contributed by atoms with Crippen LogP contribution < -0.4 is 15.8 Å². The zero-order chi connectivity index (χ0) is 16.8. The van der Waals surface area contributed by atoms with Gasteiger partial charge in [0.05, 0.1) is 0 Å². The topological polar surface area (TPSA) is 77.2 Å². The Labute approximate surface area is 140 Å². The Hall–Kier alpha value is -3.18. The van der Waals surface area contributed by atoms with Crippen molar-refractivity contribution in [2.45, 2.75) is 6.54 Å². The van der Waals surface area contributed by atoms with Crippen LogP contribution in [0.3, 0.4) is 0 Å². The third kappa shape index (κ3) is 3.97. The average Bonchev–Trinajstić information content (AvgIpc) is 2.63. The second-order valence-electron chi connectivity index (χ2n) is 5.15. The third-order valence-electron chi connectivity index (χ3n) is 3.41. The van der Waals surface area contributed by atoms with Crippen molar-refractivity contribution in [1.29, 1.82) is 0 Å². The Balaban J connectivity index is 1.67. The Morgan fingerprint density at radius 2 is 1.79 bits per heavy atom. The average molecular weight is 319 g/mol. The molecule has 3 N–H and O–H groups in total. The van der Waals surface area contributed by atoms with Crippen LogP contribution in [0.5, 0.6) is 11.6 Å². The van der Waals surface area contributed by atoms with Crippen molar-refractivity contribution < 1.29 is 9.53 Å². The van der Waals surface area contributed by atoms with Crippen LogP contribution in [0.2, 0.25) is 0 Å². The van der Waals surface area contributed by atoms with Gasteiger partial charge >= 0.3 is 0 Å². The third-order valence-corrected chi connectivity index (χ3v) is 3.41. The van der Waals surface area contributed by atoms with Gasteiger partial charge < -0.3 is 15.8 Å². The molecule has 0 fully saturated rings. The molecule has 5 heteroatoms. The molecule has 0 spiro atoms. The summed E-state index contributed by atoms with van der Waals surface area (Å²) in [6.45, 7) is 0.428. The van der Waals surface area contributed by atoms with E-state index >= 15 is 0 Å². The second-order valence-corrected chi connectivity index (χ2v) is 5.15. The lowest BCUT2D eigenvalue weighted by molar-refractivity contribution is 0.102. The maximum Gasteiger partial charge on any atom is 0.255 e. The van der Waals surface area contributed by atoms with E-state index in [4.69, 9.17) is 10.5 Å². The quantitative estimate of drug-likeness (QED) is 0.753. The standard InChI is InChI=1S/C19H17N3O2/c20-13-14-10-11-21-18(12-14)24-17-8-6-15(7-9-17)19(23)22-16-4-2-1-3-5-16/h1-12H,13,20H2,(H,22,23). The minimum Gasteiger partial charge on any atom is -0.439 e. The summed E-state index contributed by atoms with van der Waals surface area (Å²) in [4.78, 5) is 16.3. The monoisotopic (exact) mass is 319 g/mol. The first-order chi connectivity index (χ1) is 11.7. The highest BCUT2D eigenvalue weighted by atomic mass is 16.5. The normalized spacial score (nSPS) is 10.2. The van der Waals surface area contributed by atoms with Gasteiger partial charge in [-0.05, 0) is 48.0 Å². The van der Waals surface area contributed by atoms with Crippen molar-refractivity contribution in [3.8, 4) is 11.6 Å². The van der Waals surface area contributed by atoms with E-state index in [1.54, 1.807) is 36.5 Å². The van der Waals surface area contributed by atoms with E-state index in [0.717, 1.165) is 11.3 Å². The number of carbonyl (C=O) groups is 1. The first-order valence-corrected chi connectivity index (χ1v) is 7.54. The van der Waals surface area contributed by atoms with Crippen molar-refractivity contribution in [1.82, 2.24) is 4.98 Å². The molecule has 0 atom stereocenters. The molecule has 1 amide bonds. The number of rotatable bonds is 5. The predicted octanol–water partition coefficient (Wildman–Crippen LogP) is 3.58. The number of para-hydroxylation sites is 1. The fourth-order valence-corrected chi connectivity index (χ4v) is 2.15. The van der Waals surface area contributed by atoms with E-state index < -0.39 is 0 Å². The number of carbonyl (C=O) groups excluding carboxylic acids is 1. The van der Waals surface area contributed by atoms with E-state index in [9.17, 15) is 4.79 Å². The molecule has 2 aromatic carbocycles. The van der Waals surface area contributed by atoms with Crippen molar-refractivity contribution >= 4 is 11.6 Å². The van der Waals surface area contributed by atoms with Crippen LogP contribution in [-0.4, -0.2) is 10.9 Å². The minimum absolute atomic E-state index is 0.170. The molecule has 3 aromatic rings. The summed E-state index contributed by atoms with van der Waals surface area (Å²) in [5.41, 5.74) is 7.85. The maximum absolute atomic E-state index is 12.2. The number of anilines is 1. The summed E-state index contributed by atoms with van der Waals surface area (Å²) in [7, 11) is 0. The first-order valence-electron chi connectivity index (χ1n) is 7.54. The van der Waals surface area contributed by atoms with E-state index in [1.807, 2.05) is 36.4 Å². The highest BCUT2D eigenvalue weighted by molar-refractivity contribution is 6.04. The lowest BCUT2D eigenvalue weighted by atomic mass is 10.2. The Bertz CT molecular complexity index is 818. The molecule has 0 aliphatic heterocycles. The van der Waals surface area contributed by atoms with Crippen LogP contribution in [0.15, 0.2) is 72.9 Å². The van der Waals surface area contributed by atoms with Gasteiger partial charge in [-0.25, -0.2) is 4.98 Å². The number of pyridine rings is 1. The molecule has 0 radical (unpaired) electrons. The molecule has 0 aliphatic carbocycles. The Morgan fingerprint density at radius 3 is 2.50 bits per heavy atom. The molecule has 5 nitrogen and oxygen atoms in total. The van der Waals surface area contributed by atoms with Crippen molar-refractivity contribution in [2.24, 2.45) is 5.73 Å². The summed E-state index contributed by atoms with van der Waals surface area (Å²) < 4.78 is 5.68. The van der Waals surface area contributed by atoms with Crippen LogP contribution in [0.4, 0.5) is 5.69 Å². The van der Waals surface area contributed by atoms with Gasteiger partial charge in [0.25, 0.3) is 5.91 Å². The molecule has 1 aromatic heterocycles. The molecule has 0 saturated heterocycles. The lowest BCUT2D eigenvalue weighted by Crippen LogP contribution is -2.11. The van der Waals surface area contributed by atoms with Gasteiger partial charge in [-0.15, -0.1) is 0 Å². The summed E-state index contributed by atoms with van der Waals surface area (Å²) in [6.07, 6.45) is 1.65. The smallest absolute Gasteiger partial charge is 0.255 e. The molecule has 1 heterocycles. The SMILES string of the molecule is NCc1ccnc(Oc2ccc(C(=O)Nc3ccccc3)cc2)c1. The molecule has 0 unspecified atom stereocenters. The maximum atomic E-state index is 12.2. The van der Waals surface area contributed by atoms with E-state index in [1.165, 1.54) is 0 Å². The molecule has 0 saturated carbocycles. The highest BCUT2D eigenvalue weighted by Crippen LogP contribution is 2.21. The van der Waals surface area contributed by atoms with Gasteiger partial charge in [-0.2, -0.15) is 0 Å². The number of benzene rings is 2. The van der Waals surface area contributed by atoms with Gasteiger partial charge in [-0.1, -0.05) is 18.2 Å². The zero-order valence-corrected chi connectivity index (χ0v) is 13.0. The molecular weight excluding hydrogens is 302 g/mol. The van der Waals surface area contributed by atoms with Crippen molar-refractivity contribution in [2.75, 3.05) is 5.32 Å². The van der Waals surface area contributed by atoms with Crippen molar-refractivity contribution in [3.05, 3.63) is 84.1 Å². The van der Waals surface area contributed by atoms with Crippen molar-refractivity contribution in [3.63, 3.8) is 0 Å². The zero-order valence-electron chi connectivity index (χ0n) is 13.0. The molecule has 0 bridgehead atoms. The number of aromatic nitrogens is 1. The van der Waals surface area contributed by atoms with E-state index in [-0.39, 0.29) is 5.91 Å². The number of hydrogen-bond acceptors (Lipinski definition) is 4. The fraction of sp³-hybridized carbons (Fsp3) is 0.0526. The highest BCUT2D eigenvalue weighted by Gasteiger charge is 2.07. The van der Waals surface area contributed by atoms with Gasteiger partial charge in [0.2, 0.25) is 5.88 Å². The second kappa shape index (κ2) is 7.39. The molecule has 24 heavy (non-hydrogen) atoms. The van der Waals surface area contributed by atoms with Crippen LogP contribution in [0.1, 0.15) is 15.9 Å². The number of nitrogens with zero attached hydrogens (tertiary/aromatic N) is 1. The number of nitrogens with two attached hydrogens (primary N) is 1. The molecule has 120 valence electrons. The van der Waals surface area contributed by atoms with Crippen LogP contribution in [0.25, 0.3) is 0 Å². The largest absolute Gasteiger partial charge is 0.439 e. The van der Waals surface area contributed by atoms with Gasteiger partial charge in [0, 0.05) is 30.1 Å². The Kier molecular flexibility index (Phi) is 4.84. The van der Waals surface area contributed by atoms with E-state index in [0.29, 0.717) is 23.7 Å². The van der Waals surface area contributed by atoms with Gasteiger partial charge in [-0.3, -0.25) is 4.79 Å². The lowest BCUT2D eigenvalue weighted by Gasteiger charge is -2.08. The van der Waals surface area contributed by atoms with Crippen LogP contribution in [0, 0.1) is 0 Å². The summed E-state index contributed by atoms with van der Waals surface area (Å²) in [5, 5.41) is 2.84. The minimum atomic E-state index is -0.170. The molecule has 3 rings (SSSR count). The number of ether oxygens (including phenoxy) is 1. The number of nitrogens with one attached hydrogen (secondary N) is 1. The predicted molar refractivity (Wildman–Crippen MR) is 93.0 cm³/mol. The number of amides is 1. The van der Waals surface area contributed by atoms with Crippen LogP contribution in [-0.2, 0) is 6.54 Å². The molecular formula is C19H17N3O2. The fourth-order valence-electron chi connectivity index (χ4n) is 2.15. The number of hydrogen-bond donors (Lipinski definition) is 2. The summed E-state index contributed by atoms with van der Waals surface area (Å²) in [6, 6.07) is 19.8. The van der Waals surface area contributed by atoms with Gasteiger partial charge in [0.15, 0.2) is 0 Å². The van der Waals surface area contributed by atoms with Crippen LogP contribution >= 0.6 is 0 Å². The molecule has 0 aliphatic rings. The van der Waals surface area contributed by atoms with Gasteiger partial charge in [0.1, 0.15) is 5.75 Å². The summed E-state index contributed by atoms with van der Waals surface area (Å²) >= 11 is 0. The summed E-state index contributed by atoms with van der Waals surface area (Å²) in [5.74, 6) is 0.906. The first kappa shape index (κ1) is 15.7. The van der Waals surface area contributed by atoms with E-state index in [2.05, 4.69) is 10.3 Å². The Morgan fingerprint density at radius 1 is 1.04 bits per heavy atom.